The van der Waals surface area contributed by atoms with E-state index in [-0.39, 0.29) is 28.8 Å². The number of hydrogen-bond acceptors (Lipinski definition) is 6. The molecule has 172 valence electrons. The highest BCUT2D eigenvalue weighted by Gasteiger charge is 2.25. The molecule has 2 fully saturated rings. The maximum Gasteiger partial charge on any atom is 0.274 e. The maximum absolute atomic E-state index is 12.9. The van der Waals surface area contributed by atoms with Crippen molar-refractivity contribution in [3.05, 3.63) is 63.1 Å². The van der Waals surface area contributed by atoms with Gasteiger partial charge in [-0.25, -0.2) is 9.67 Å². The van der Waals surface area contributed by atoms with Gasteiger partial charge in [0.2, 0.25) is 0 Å². The molecule has 9 nitrogen and oxygen atoms in total. The molecule has 1 aromatic carbocycles. The Balaban J connectivity index is 1.28. The van der Waals surface area contributed by atoms with Crippen LogP contribution in [0.5, 0.6) is 0 Å². The molecular weight excluding hydrogens is 420 g/mol. The first-order valence-corrected chi connectivity index (χ1v) is 11.5. The second-order valence-electron chi connectivity index (χ2n) is 9.22. The fraction of sp³-hybridized carbons (Fsp3) is 0.458. The maximum atomic E-state index is 12.9. The molecular formula is C24H28N6O3. The minimum absolute atomic E-state index is 0.0177. The Morgan fingerprint density at radius 2 is 1.82 bits per heavy atom. The van der Waals surface area contributed by atoms with Gasteiger partial charge in [-0.1, -0.05) is 0 Å². The van der Waals surface area contributed by atoms with Gasteiger partial charge < -0.3 is 9.80 Å². The summed E-state index contributed by atoms with van der Waals surface area (Å²) in [7, 11) is 0. The van der Waals surface area contributed by atoms with Crippen molar-refractivity contribution in [2.45, 2.75) is 39.3 Å². The van der Waals surface area contributed by atoms with E-state index in [9.17, 15) is 14.4 Å². The minimum Gasteiger partial charge on any atom is -0.368 e. The smallest absolute Gasteiger partial charge is 0.274 e. The van der Waals surface area contributed by atoms with Crippen LogP contribution in [-0.2, 0) is 6.54 Å². The van der Waals surface area contributed by atoms with Crippen molar-refractivity contribution < 1.29 is 4.79 Å². The van der Waals surface area contributed by atoms with E-state index in [0.29, 0.717) is 43.0 Å². The molecule has 0 bridgehead atoms. The molecule has 5 rings (SSSR count). The average molecular weight is 449 g/mol. The lowest BCUT2D eigenvalue weighted by Crippen LogP contribution is -2.49. The lowest BCUT2D eigenvalue weighted by atomic mass is 10.2. The molecule has 2 aliphatic rings. The summed E-state index contributed by atoms with van der Waals surface area (Å²) in [4.78, 5) is 46.1. The van der Waals surface area contributed by atoms with Crippen LogP contribution in [0.1, 0.15) is 43.2 Å². The predicted molar refractivity (Wildman–Crippen MR) is 126 cm³/mol. The Morgan fingerprint density at radius 1 is 1.06 bits per heavy atom. The van der Waals surface area contributed by atoms with Crippen LogP contribution in [0.15, 0.2) is 46.2 Å². The minimum atomic E-state index is -0.212. The van der Waals surface area contributed by atoms with E-state index < -0.39 is 0 Å². The first kappa shape index (κ1) is 21.4. The third-order valence-corrected chi connectivity index (χ3v) is 6.43. The number of aromatic nitrogens is 4. The van der Waals surface area contributed by atoms with Crippen LogP contribution in [-0.4, -0.2) is 56.3 Å². The summed E-state index contributed by atoms with van der Waals surface area (Å²) < 4.78 is 3.06. The number of amides is 1. The van der Waals surface area contributed by atoms with Crippen molar-refractivity contribution in [2.24, 2.45) is 5.92 Å². The zero-order valence-electron chi connectivity index (χ0n) is 19.0. The second-order valence-corrected chi connectivity index (χ2v) is 9.22. The molecule has 1 saturated carbocycles. The number of nitrogens with zero attached hydrogens (tertiary/aromatic N) is 6. The van der Waals surface area contributed by atoms with Crippen molar-refractivity contribution in [3.8, 4) is 0 Å². The van der Waals surface area contributed by atoms with Gasteiger partial charge in [-0.3, -0.25) is 19.0 Å². The molecule has 0 N–H and O–H groups in total. The normalized spacial score (nSPS) is 16.6. The molecule has 9 heteroatoms. The molecule has 0 radical (unpaired) electrons. The summed E-state index contributed by atoms with van der Waals surface area (Å²) in [5, 5.41) is 4.90. The van der Waals surface area contributed by atoms with Crippen LogP contribution in [0, 0.1) is 5.92 Å². The van der Waals surface area contributed by atoms with Crippen molar-refractivity contribution in [2.75, 3.05) is 31.1 Å². The van der Waals surface area contributed by atoms with E-state index >= 15 is 0 Å². The highest BCUT2D eigenvalue weighted by atomic mass is 16.2. The topological polar surface area (TPSA) is 93.3 Å². The van der Waals surface area contributed by atoms with Crippen LogP contribution >= 0.6 is 0 Å². The zero-order chi connectivity index (χ0) is 23.1. The van der Waals surface area contributed by atoms with Crippen molar-refractivity contribution >= 4 is 22.5 Å². The number of carbonyl (C=O) groups is 1. The first-order valence-electron chi connectivity index (χ1n) is 11.5. The third kappa shape index (κ3) is 4.27. The molecule has 1 aliphatic carbocycles. The molecule has 3 aromatic rings. The summed E-state index contributed by atoms with van der Waals surface area (Å²) in [6, 6.07) is 8.57. The zero-order valence-corrected chi connectivity index (χ0v) is 19.0. The van der Waals surface area contributed by atoms with Crippen LogP contribution in [0.3, 0.4) is 0 Å². The lowest BCUT2D eigenvalue weighted by molar-refractivity contribution is 0.0737. The number of anilines is 1. The van der Waals surface area contributed by atoms with Crippen LogP contribution in [0.2, 0.25) is 0 Å². The summed E-state index contributed by atoms with van der Waals surface area (Å²) >= 11 is 0. The fourth-order valence-corrected chi connectivity index (χ4v) is 4.29. The number of rotatable bonds is 5. The van der Waals surface area contributed by atoms with Gasteiger partial charge in [0.15, 0.2) is 0 Å². The largest absolute Gasteiger partial charge is 0.368 e. The Bertz CT molecular complexity index is 1320. The summed E-state index contributed by atoms with van der Waals surface area (Å²) in [6.07, 6.45) is 4.04. The summed E-state index contributed by atoms with van der Waals surface area (Å²) in [6.45, 7) is 6.92. The molecule has 1 amide bonds. The Kier molecular flexibility index (Phi) is 5.47. The molecule has 2 aromatic heterocycles. The predicted octanol–water partition coefficient (Wildman–Crippen LogP) is 1.91. The van der Waals surface area contributed by atoms with Gasteiger partial charge in [0.25, 0.3) is 17.0 Å². The van der Waals surface area contributed by atoms with Crippen LogP contribution in [0.25, 0.3) is 10.9 Å². The van der Waals surface area contributed by atoms with Gasteiger partial charge in [-0.05, 0) is 56.9 Å². The quantitative estimate of drug-likeness (QED) is 0.592. The number of carbonyl (C=O) groups excluding carboxylic acids is 1. The Labute approximate surface area is 191 Å². The number of fused-ring (bicyclic) bond motifs is 1. The molecule has 0 unspecified atom stereocenters. The highest BCUT2D eigenvalue weighted by molar-refractivity contribution is 5.92. The van der Waals surface area contributed by atoms with Gasteiger partial charge in [-0.2, -0.15) is 5.10 Å². The van der Waals surface area contributed by atoms with E-state index in [0.717, 1.165) is 12.2 Å². The van der Waals surface area contributed by atoms with Gasteiger partial charge in [0.05, 0.1) is 23.3 Å². The van der Waals surface area contributed by atoms with E-state index in [2.05, 4.69) is 15.0 Å². The third-order valence-electron chi connectivity index (χ3n) is 6.43. The molecule has 1 saturated heterocycles. The summed E-state index contributed by atoms with van der Waals surface area (Å²) in [5.74, 6) is 0.449. The summed E-state index contributed by atoms with van der Waals surface area (Å²) in [5.41, 5.74) is 1.78. The van der Waals surface area contributed by atoms with Gasteiger partial charge in [0.1, 0.15) is 5.69 Å². The number of benzene rings is 1. The average Bonchev–Trinajstić information content (AvgIpc) is 3.65. The SMILES string of the molecule is CC(C)n1nc(C(=O)N2CCN(c3ccc4c(=O)n(CC5CC5)cnc4c3)CC2)ccc1=O. The van der Waals surface area contributed by atoms with Crippen molar-refractivity contribution in [1.82, 2.24) is 24.2 Å². The molecule has 0 atom stereocenters. The highest BCUT2D eigenvalue weighted by Crippen LogP contribution is 2.30. The number of hydrogen-bond donors (Lipinski definition) is 0. The Hall–Kier alpha value is -3.49. The van der Waals surface area contributed by atoms with Crippen molar-refractivity contribution in [1.29, 1.82) is 0 Å². The van der Waals surface area contributed by atoms with Crippen molar-refractivity contribution in [3.63, 3.8) is 0 Å². The standard InChI is InChI=1S/C24H28N6O3/c1-16(2)30-22(31)8-7-20(26-30)24(33)28-11-9-27(10-12-28)18-5-6-19-21(13-18)25-15-29(23(19)32)14-17-3-4-17/h5-8,13,15-17H,3-4,9-12,14H2,1-2H3. The van der Waals surface area contributed by atoms with Gasteiger partial charge >= 0.3 is 0 Å². The molecule has 33 heavy (non-hydrogen) atoms. The van der Waals surface area contributed by atoms with E-state index in [1.165, 1.54) is 29.7 Å². The molecule has 3 heterocycles. The number of piperazine rings is 1. The van der Waals surface area contributed by atoms with E-state index in [1.807, 2.05) is 32.0 Å². The molecule has 1 aliphatic heterocycles. The first-order chi connectivity index (χ1) is 15.9. The van der Waals surface area contributed by atoms with E-state index in [1.54, 1.807) is 15.8 Å². The second kappa shape index (κ2) is 8.46. The van der Waals surface area contributed by atoms with Gasteiger partial charge in [0, 0.05) is 44.5 Å². The van der Waals surface area contributed by atoms with Gasteiger partial charge in [-0.15, -0.1) is 0 Å². The molecule has 0 spiro atoms. The lowest BCUT2D eigenvalue weighted by Gasteiger charge is -2.36. The fourth-order valence-electron chi connectivity index (χ4n) is 4.29. The van der Waals surface area contributed by atoms with Crippen LogP contribution in [0.4, 0.5) is 5.69 Å². The van der Waals surface area contributed by atoms with Crippen LogP contribution < -0.4 is 16.0 Å². The Morgan fingerprint density at radius 3 is 2.52 bits per heavy atom. The van der Waals surface area contributed by atoms with E-state index in [4.69, 9.17) is 0 Å². The monoisotopic (exact) mass is 448 g/mol.